The maximum atomic E-state index is 12.2. The number of aromatic nitrogens is 2. The Bertz CT molecular complexity index is 403. The van der Waals surface area contributed by atoms with E-state index in [2.05, 4.69) is 15.1 Å². The minimum absolute atomic E-state index is 0.117. The maximum absolute atomic E-state index is 12.2. The summed E-state index contributed by atoms with van der Waals surface area (Å²) >= 11 is 0. The highest BCUT2D eigenvalue weighted by atomic mass is 16.2. The summed E-state index contributed by atoms with van der Waals surface area (Å²) in [5.41, 5.74) is 0.677. The van der Waals surface area contributed by atoms with E-state index in [1.807, 2.05) is 4.90 Å². The average Bonchev–Trinajstić information content (AvgIpc) is 3.02. The minimum atomic E-state index is 0.117. The number of piperidine rings is 2. The topological polar surface area (TPSA) is 52.2 Å². The zero-order valence-electron chi connectivity index (χ0n) is 11.3. The van der Waals surface area contributed by atoms with Crippen LogP contribution >= 0.6 is 0 Å². The van der Waals surface area contributed by atoms with Crippen LogP contribution in [0.3, 0.4) is 0 Å². The number of aromatic amines is 1. The van der Waals surface area contributed by atoms with Gasteiger partial charge in [0, 0.05) is 25.3 Å². The van der Waals surface area contributed by atoms with Gasteiger partial charge in [-0.05, 0) is 38.8 Å². The molecule has 0 spiro atoms. The van der Waals surface area contributed by atoms with Gasteiger partial charge in [0.25, 0.3) is 5.91 Å². The maximum Gasteiger partial charge on any atom is 0.257 e. The summed E-state index contributed by atoms with van der Waals surface area (Å²) in [6, 6.07) is 0.689. The zero-order chi connectivity index (χ0) is 13.1. The number of nitrogens with zero attached hydrogens (tertiary/aromatic N) is 3. The second kappa shape index (κ2) is 5.74. The molecule has 1 aromatic heterocycles. The Balaban J connectivity index is 1.53. The molecule has 19 heavy (non-hydrogen) atoms. The molecule has 0 aliphatic carbocycles. The molecular weight excluding hydrogens is 240 g/mol. The normalized spacial score (nSPS) is 22.6. The van der Waals surface area contributed by atoms with Crippen LogP contribution in [-0.2, 0) is 0 Å². The van der Waals surface area contributed by atoms with Gasteiger partial charge in [0.15, 0.2) is 0 Å². The molecule has 1 N–H and O–H groups in total. The molecule has 1 aromatic rings. The standard InChI is InChI=1S/C14H22N4O/c19-14(12-10-15-16-11-12)18-8-4-13(5-9-18)17-6-2-1-3-7-17/h10-11,13H,1-9H2,(H,15,16). The summed E-state index contributed by atoms with van der Waals surface area (Å²) in [6.07, 6.45) is 9.59. The lowest BCUT2D eigenvalue weighted by Crippen LogP contribution is -2.48. The van der Waals surface area contributed by atoms with Crippen molar-refractivity contribution >= 4 is 5.91 Å². The number of hydrogen-bond acceptors (Lipinski definition) is 3. The Morgan fingerprint density at radius 3 is 2.53 bits per heavy atom. The lowest BCUT2D eigenvalue weighted by Gasteiger charge is -2.40. The third kappa shape index (κ3) is 2.81. The Labute approximate surface area is 114 Å². The molecule has 3 rings (SSSR count). The molecule has 2 aliphatic rings. The summed E-state index contributed by atoms with van der Waals surface area (Å²) in [5, 5.41) is 6.55. The van der Waals surface area contributed by atoms with E-state index in [1.54, 1.807) is 12.4 Å². The van der Waals surface area contributed by atoms with E-state index in [4.69, 9.17) is 0 Å². The number of carbonyl (C=O) groups excluding carboxylic acids is 1. The summed E-state index contributed by atoms with van der Waals surface area (Å²) in [6.45, 7) is 4.26. The molecule has 0 bridgehead atoms. The number of H-pyrrole nitrogens is 1. The van der Waals surface area contributed by atoms with Crippen LogP contribution < -0.4 is 0 Å². The van der Waals surface area contributed by atoms with Crippen molar-refractivity contribution in [2.75, 3.05) is 26.2 Å². The van der Waals surface area contributed by atoms with Gasteiger partial charge in [-0.1, -0.05) is 6.42 Å². The van der Waals surface area contributed by atoms with Crippen molar-refractivity contribution in [2.24, 2.45) is 0 Å². The van der Waals surface area contributed by atoms with Gasteiger partial charge in [0.05, 0.1) is 11.8 Å². The molecule has 5 heteroatoms. The fourth-order valence-electron chi connectivity index (χ4n) is 3.27. The number of hydrogen-bond donors (Lipinski definition) is 1. The van der Waals surface area contributed by atoms with Gasteiger partial charge in [0.1, 0.15) is 0 Å². The molecule has 0 atom stereocenters. The summed E-state index contributed by atoms with van der Waals surface area (Å²) < 4.78 is 0. The van der Waals surface area contributed by atoms with Crippen LogP contribution in [0.25, 0.3) is 0 Å². The fourth-order valence-corrected chi connectivity index (χ4v) is 3.27. The molecule has 2 aliphatic heterocycles. The fraction of sp³-hybridized carbons (Fsp3) is 0.714. The molecular formula is C14H22N4O. The van der Waals surface area contributed by atoms with E-state index in [0.29, 0.717) is 11.6 Å². The van der Waals surface area contributed by atoms with Crippen molar-refractivity contribution in [3.05, 3.63) is 18.0 Å². The molecule has 104 valence electrons. The van der Waals surface area contributed by atoms with Gasteiger partial charge in [0.2, 0.25) is 0 Å². The van der Waals surface area contributed by atoms with Crippen LogP contribution in [0.2, 0.25) is 0 Å². The molecule has 2 saturated heterocycles. The second-order valence-electron chi connectivity index (χ2n) is 5.61. The van der Waals surface area contributed by atoms with Crippen molar-refractivity contribution in [2.45, 2.75) is 38.1 Å². The largest absolute Gasteiger partial charge is 0.338 e. The predicted molar refractivity (Wildman–Crippen MR) is 72.9 cm³/mol. The second-order valence-corrected chi connectivity index (χ2v) is 5.61. The molecule has 0 saturated carbocycles. The van der Waals surface area contributed by atoms with E-state index >= 15 is 0 Å². The van der Waals surface area contributed by atoms with Crippen molar-refractivity contribution in [1.82, 2.24) is 20.0 Å². The summed E-state index contributed by atoms with van der Waals surface area (Å²) in [4.78, 5) is 16.8. The molecule has 0 radical (unpaired) electrons. The SMILES string of the molecule is O=C(c1cn[nH]c1)N1CCC(N2CCCCC2)CC1. The first-order valence-corrected chi connectivity index (χ1v) is 7.37. The van der Waals surface area contributed by atoms with Gasteiger partial charge < -0.3 is 9.80 Å². The lowest BCUT2D eigenvalue weighted by atomic mass is 9.99. The van der Waals surface area contributed by atoms with E-state index in [0.717, 1.165) is 25.9 Å². The van der Waals surface area contributed by atoms with E-state index in [-0.39, 0.29) is 5.91 Å². The van der Waals surface area contributed by atoms with Crippen molar-refractivity contribution in [3.63, 3.8) is 0 Å². The monoisotopic (exact) mass is 262 g/mol. The van der Waals surface area contributed by atoms with Crippen LogP contribution in [0.5, 0.6) is 0 Å². The lowest BCUT2D eigenvalue weighted by molar-refractivity contribution is 0.0590. The van der Waals surface area contributed by atoms with Crippen molar-refractivity contribution in [3.8, 4) is 0 Å². The number of rotatable bonds is 2. The van der Waals surface area contributed by atoms with Gasteiger partial charge in [-0.25, -0.2) is 0 Å². The van der Waals surface area contributed by atoms with Crippen molar-refractivity contribution < 1.29 is 4.79 Å². The Hall–Kier alpha value is -1.36. The van der Waals surface area contributed by atoms with E-state index < -0.39 is 0 Å². The summed E-state index contributed by atoms with van der Waals surface area (Å²) in [7, 11) is 0. The smallest absolute Gasteiger partial charge is 0.257 e. The minimum Gasteiger partial charge on any atom is -0.338 e. The van der Waals surface area contributed by atoms with Crippen LogP contribution in [0.15, 0.2) is 12.4 Å². The Morgan fingerprint density at radius 2 is 1.89 bits per heavy atom. The third-order valence-corrected chi connectivity index (χ3v) is 4.40. The predicted octanol–water partition coefficient (Wildman–Crippen LogP) is 1.50. The number of amides is 1. The van der Waals surface area contributed by atoms with Crippen molar-refractivity contribution in [1.29, 1.82) is 0 Å². The average molecular weight is 262 g/mol. The number of nitrogens with one attached hydrogen (secondary N) is 1. The zero-order valence-corrected chi connectivity index (χ0v) is 11.3. The highest BCUT2D eigenvalue weighted by Gasteiger charge is 2.28. The quantitative estimate of drug-likeness (QED) is 0.878. The highest BCUT2D eigenvalue weighted by molar-refractivity contribution is 5.93. The molecule has 1 amide bonds. The molecule has 3 heterocycles. The summed E-state index contributed by atoms with van der Waals surface area (Å²) in [5.74, 6) is 0.117. The first-order chi connectivity index (χ1) is 9.34. The van der Waals surface area contributed by atoms with Gasteiger partial charge >= 0.3 is 0 Å². The molecule has 2 fully saturated rings. The van der Waals surface area contributed by atoms with E-state index in [1.165, 1.54) is 32.4 Å². The first kappa shape index (κ1) is 12.7. The van der Waals surface area contributed by atoms with Crippen LogP contribution in [0.1, 0.15) is 42.5 Å². The third-order valence-electron chi connectivity index (χ3n) is 4.40. The highest BCUT2D eigenvalue weighted by Crippen LogP contribution is 2.21. The van der Waals surface area contributed by atoms with Crippen LogP contribution in [0, 0.1) is 0 Å². The Kier molecular flexibility index (Phi) is 3.82. The van der Waals surface area contributed by atoms with Gasteiger partial charge in [-0.15, -0.1) is 0 Å². The van der Waals surface area contributed by atoms with Crippen LogP contribution in [0.4, 0.5) is 0 Å². The first-order valence-electron chi connectivity index (χ1n) is 7.37. The van der Waals surface area contributed by atoms with Crippen LogP contribution in [-0.4, -0.2) is 58.1 Å². The molecule has 0 aromatic carbocycles. The van der Waals surface area contributed by atoms with E-state index in [9.17, 15) is 4.79 Å². The molecule has 5 nitrogen and oxygen atoms in total. The van der Waals surface area contributed by atoms with Gasteiger partial charge in [-0.2, -0.15) is 5.10 Å². The molecule has 0 unspecified atom stereocenters. The number of carbonyl (C=O) groups is 1. The van der Waals surface area contributed by atoms with Gasteiger partial charge in [-0.3, -0.25) is 9.89 Å². The Morgan fingerprint density at radius 1 is 1.16 bits per heavy atom. The number of likely N-dealkylation sites (tertiary alicyclic amines) is 2.